The van der Waals surface area contributed by atoms with Crippen molar-refractivity contribution in [3.63, 3.8) is 0 Å². The molecule has 0 saturated carbocycles. The van der Waals surface area contributed by atoms with E-state index in [2.05, 4.69) is 15.3 Å². The monoisotopic (exact) mass is 393 g/mol. The summed E-state index contributed by atoms with van der Waals surface area (Å²) in [6.45, 7) is 1.99. The second-order valence-electron chi connectivity index (χ2n) is 6.10. The van der Waals surface area contributed by atoms with Crippen molar-refractivity contribution in [3.05, 3.63) is 82.2 Å². The van der Waals surface area contributed by atoms with Gasteiger partial charge in [-0.2, -0.15) is 0 Å². The van der Waals surface area contributed by atoms with Gasteiger partial charge in [0, 0.05) is 11.6 Å². The Hall–Kier alpha value is -3.32. The summed E-state index contributed by atoms with van der Waals surface area (Å²) in [6, 6.07) is 15.2. The molecule has 2 heterocycles. The maximum atomic E-state index is 13.0. The van der Waals surface area contributed by atoms with Gasteiger partial charge in [-0.3, -0.25) is 9.78 Å². The summed E-state index contributed by atoms with van der Waals surface area (Å²) >= 11 is 1.27. The number of thiazole rings is 1. The van der Waals surface area contributed by atoms with E-state index in [4.69, 9.17) is 4.74 Å². The first kappa shape index (κ1) is 18.1. The summed E-state index contributed by atoms with van der Waals surface area (Å²) < 4.78 is 18.6. The lowest BCUT2D eigenvalue weighted by Gasteiger charge is -2.07. The van der Waals surface area contributed by atoms with Crippen molar-refractivity contribution in [2.75, 3.05) is 5.32 Å². The predicted octanol–water partition coefficient (Wildman–Crippen LogP) is 4.97. The number of para-hydroxylation sites is 1. The minimum atomic E-state index is -0.320. The van der Waals surface area contributed by atoms with E-state index in [0.29, 0.717) is 27.0 Å². The van der Waals surface area contributed by atoms with Crippen LogP contribution in [0, 0.1) is 12.7 Å². The maximum absolute atomic E-state index is 13.0. The number of aromatic nitrogens is 2. The number of nitrogens with zero attached hydrogens (tertiary/aromatic N) is 2. The van der Waals surface area contributed by atoms with E-state index in [1.807, 2.05) is 30.3 Å². The SMILES string of the molecule is Cc1nc(COc2ccc(F)cc2)sc1C(=O)Nc1cccc2cccnc12. The highest BCUT2D eigenvalue weighted by Gasteiger charge is 2.17. The molecule has 0 radical (unpaired) electrons. The molecule has 0 aliphatic heterocycles. The van der Waals surface area contributed by atoms with Gasteiger partial charge in [0.05, 0.1) is 16.9 Å². The van der Waals surface area contributed by atoms with Crippen LogP contribution in [-0.4, -0.2) is 15.9 Å². The maximum Gasteiger partial charge on any atom is 0.267 e. The molecule has 4 rings (SSSR count). The van der Waals surface area contributed by atoms with Gasteiger partial charge in [-0.05, 0) is 43.3 Å². The molecule has 0 aliphatic carbocycles. The molecule has 1 N–H and O–H groups in total. The normalized spacial score (nSPS) is 10.8. The fourth-order valence-corrected chi connectivity index (χ4v) is 3.66. The van der Waals surface area contributed by atoms with Gasteiger partial charge in [-0.1, -0.05) is 18.2 Å². The molecule has 0 saturated heterocycles. The quantitative estimate of drug-likeness (QED) is 0.520. The molecule has 0 bridgehead atoms. The van der Waals surface area contributed by atoms with E-state index in [0.717, 1.165) is 10.9 Å². The zero-order valence-electron chi connectivity index (χ0n) is 15.0. The summed E-state index contributed by atoms with van der Waals surface area (Å²) in [7, 11) is 0. The van der Waals surface area contributed by atoms with Crippen LogP contribution in [0.2, 0.25) is 0 Å². The first-order valence-corrected chi connectivity index (χ1v) is 9.41. The fourth-order valence-electron chi connectivity index (χ4n) is 2.78. The van der Waals surface area contributed by atoms with Gasteiger partial charge in [-0.15, -0.1) is 11.3 Å². The van der Waals surface area contributed by atoms with Crippen LogP contribution in [0.15, 0.2) is 60.8 Å². The molecular weight excluding hydrogens is 377 g/mol. The molecule has 0 unspecified atom stereocenters. The number of hydrogen-bond acceptors (Lipinski definition) is 5. The molecule has 2 aromatic heterocycles. The summed E-state index contributed by atoms with van der Waals surface area (Å²) in [5.41, 5.74) is 2.02. The van der Waals surface area contributed by atoms with E-state index in [-0.39, 0.29) is 18.3 Å². The molecule has 4 aromatic rings. The molecule has 5 nitrogen and oxygen atoms in total. The second-order valence-corrected chi connectivity index (χ2v) is 7.18. The number of benzene rings is 2. The topological polar surface area (TPSA) is 64.1 Å². The molecule has 140 valence electrons. The highest BCUT2D eigenvalue weighted by atomic mass is 32.1. The molecule has 0 aliphatic rings. The van der Waals surface area contributed by atoms with Gasteiger partial charge in [0.1, 0.15) is 28.1 Å². The zero-order valence-corrected chi connectivity index (χ0v) is 15.8. The molecule has 7 heteroatoms. The van der Waals surface area contributed by atoms with Crippen LogP contribution in [-0.2, 0) is 6.61 Å². The number of hydrogen-bond donors (Lipinski definition) is 1. The van der Waals surface area contributed by atoms with Gasteiger partial charge in [0.2, 0.25) is 0 Å². The number of pyridine rings is 1. The molecule has 28 heavy (non-hydrogen) atoms. The van der Waals surface area contributed by atoms with Crippen LogP contribution in [0.3, 0.4) is 0 Å². The Morgan fingerprint density at radius 3 is 2.75 bits per heavy atom. The van der Waals surface area contributed by atoms with Gasteiger partial charge < -0.3 is 10.1 Å². The third kappa shape index (κ3) is 3.84. The average Bonchev–Trinajstić information content (AvgIpc) is 3.08. The smallest absolute Gasteiger partial charge is 0.267 e. The van der Waals surface area contributed by atoms with Gasteiger partial charge in [0.15, 0.2) is 0 Å². The van der Waals surface area contributed by atoms with E-state index in [1.54, 1.807) is 25.3 Å². The first-order valence-electron chi connectivity index (χ1n) is 8.60. The number of carbonyl (C=O) groups is 1. The van der Waals surface area contributed by atoms with Crippen molar-refractivity contribution < 1.29 is 13.9 Å². The molecule has 1 amide bonds. The molecule has 0 spiro atoms. The Morgan fingerprint density at radius 2 is 1.93 bits per heavy atom. The molecule has 0 fully saturated rings. The second kappa shape index (κ2) is 7.74. The summed E-state index contributed by atoms with van der Waals surface area (Å²) in [4.78, 5) is 22.0. The minimum absolute atomic E-state index is 0.209. The number of aryl methyl sites for hydroxylation is 1. The number of ether oxygens (including phenoxy) is 1. The van der Waals surface area contributed by atoms with E-state index < -0.39 is 0 Å². The number of carbonyl (C=O) groups excluding carboxylic acids is 1. The Morgan fingerprint density at radius 1 is 1.14 bits per heavy atom. The van der Waals surface area contributed by atoms with Crippen LogP contribution < -0.4 is 10.1 Å². The number of anilines is 1. The lowest BCUT2D eigenvalue weighted by Crippen LogP contribution is -2.12. The van der Waals surface area contributed by atoms with Crippen molar-refractivity contribution in [1.82, 2.24) is 9.97 Å². The summed E-state index contributed by atoms with van der Waals surface area (Å²) in [5, 5.41) is 4.54. The lowest BCUT2D eigenvalue weighted by molar-refractivity contribution is 0.103. The van der Waals surface area contributed by atoms with Gasteiger partial charge in [0.25, 0.3) is 5.91 Å². The minimum Gasteiger partial charge on any atom is -0.486 e. The van der Waals surface area contributed by atoms with Gasteiger partial charge >= 0.3 is 0 Å². The standard InChI is InChI=1S/C21H16FN3O2S/c1-13-20(28-18(24-13)12-27-16-9-7-15(22)8-10-16)21(26)25-17-6-2-4-14-5-3-11-23-19(14)17/h2-11H,12H2,1H3,(H,25,26). The fraction of sp³-hybridized carbons (Fsp3) is 0.0952. The number of fused-ring (bicyclic) bond motifs is 1. The van der Waals surface area contributed by atoms with Crippen LogP contribution in [0.4, 0.5) is 10.1 Å². The van der Waals surface area contributed by atoms with E-state index >= 15 is 0 Å². The highest BCUT2D eigenvalue weighted by Crippen LogP contribution is 2.25. The average molecular weight is 393 g/mol. The molecular formula is C21H16FN3O2S. The predicted molar refractivity (Wildman–Crippen MR) is 107 cm³/mol. The van der Waals surface area contributed by atoms with Crippen LogP contribution in [0.25, 0.3) is 10.9 Å². The van der Waals surface area contributed by atoms with Crippen molar-refractivity contribution in [2.24, 2.45) is 0 Å². The van der Waals surface area contributed by atoms with Crippen molar-refractivity contribution in [3.8, 4) is 5.75 Å². The van der Waals surface area contributed by atoms with E-state index in [1.165, 1.54) is 23.5 Å². The number of rotatable bonds is 5. The van der Waals surface area contributed by atoms with Crippen LogP contribution in [0.1, 0.15) is 20.4 Å². The largest absolute Gasteiger partial charge is 0.486 e. The Labute approximate surface area is 164 Å². The van der Waals surface area contributed by atoms with E-state index in [9.17, 15) is 9.18 Å². The molecule has 2 aromatic carbocycles. The number of halogens is 1. The van der Waals surface area contributed by atoms with Crippen LogP contribution >= 0.6 is 11.3 Å². The molecule has 0 atom stereocenters. The number of nitrogens with one attached hydrogen (secondary N) is 1. The van der Waals surface area contributed by atoms with Crippen molar-refractivity contribution >= 4 is 33.8 Å². The van der Waals surface area contributed by atoms with Crippen LogP contribution in [0.5, 0.6) is 5.75 Å². The summed E-state index contributed by atoms with van der Waals surface area (Å²) in [5.74, 6) is -0.0115. The van der Waals surface area contributed by atoms with Gasteiger partial charge in [-0.25, -0.2) is 9.37 Å². The summed E-state index contributed by atoms with van der Waals surface area (Å²) in [6.07, 6.45) is 1.70. The zero-order chi connectivity index (χ0) is 19.5. The Kier molecular flexibility index (Phi) is 4.99. The Bertz CT molecular complexity index is 1140. The first-order chi connectivity index (χ1) is 13.6. The van der Waals surface area contributed by atoms with Crippen molar-refractivity contribution in [2.45, 2.75) is 13.5 Å². The lowest BCUT2D eigenvalue weighted by atomic mass is 10.2. The Balaban J connectivity index is 1.49. The van der Waals surface area contributed by atoms with Crippen molar-refractivity contribution in [1.29, 1.82) is 0 Å². The third-order valence-electron chi connectivity index (χ3n) is 4.10. The third-order valence-corrected chi connectivity index (χ3v) is 5.23. The highest BCUT2D eigenvalue weighted by molar-refractivity contribution is 7.13. The number of amides is 1.